The van der Waals surface area contributed by atoms with Crippen LogP contribution in [0.4, 0.5) is 4.79 Å². The summed E-state index contributed by atoms with van der Waals surface area (Å²) in [5.41, 5.74) is 2.07. The first-order chi connectivity index (χ1) is 16.3. The Balaban J connectivity index is 3.50. The summed E-state index contributed by atoms with van der Waals surface area (Å²) in [5.74, 6) is 0.183. The molecule has 1 rings (SSSR count). The molecule has 7 nitrogen and oxygen atoms in total. The van der Waals surface area contributed by atoms with Gasteiger partial charge in [0.1, 0.15) is 17.7 Å². The first-order valence-electron chi connectivity index (χ1n) is 12.5. The van der Waals surface area contributed by atoms with Crippen LogP contribution in [0.25, 0.3) is 0 Å². The summed E-state index contributed by atoms with van der Waals surface area (Å²) in [6.07, 6.45) is 3.36. The number of nitrogens with one attached hydrogen (secondary N) is 2. The Morgan fingerprint density at radius 3 is 2.31 bits per heavy atom. The molecule has 2 unspecified atom stereocenters. The van der Waals surface area contributed by atoms with Gasteiger partial charge in [0.15, 0.2) is 0 Å². The lowest BCUT2D eigenvalue weighted by Gasteiger charge is -2.35. The van der Waals surface area contributed by atoms with Gasteiger partial charge in [0.2, 0.25) is 11.8 Å². The maximum Gasteiger partial charge on any atom is 0.408 e. The molecule has 0 bridgehead atoms. The van der Waals surface area contributed by atoms with Crippen molar-refractivity contribution in [3.05, 3.63) is 34.9 Å². The Hall–Kier alpha value is -2.22. The van der Waals surface area contributed by atoms with Crippen molar-refractivity contribution < 1.29 is 19.1 Å². The van der Waals surface area contributed by atoms with Crippen LogP contribution in [0, 0.1) is 13.8 Å². The molecule has 0 aromatic heterocycles. The van der Waals surface area contributed by atoms with E-state index in [0.29, 0.717) is 18.7 Å². The van der Waals surface area contributed by atoms with Crippen LogP contribution in [-0.2, 0) is 14.3 Å². The van der Waals surface area contributed by atoms with Crippen LogP contribution in [-0.4, -0.2) is 59.0 Å². The second-order valence-electron chi connectivity index (χ2n) is 10.3. The lowest BCUT2D eigenvalue weighted by molar-refractivity contribution is -0.142. The maximum atomic E-state index is 14.0. The average molecular weight is 508 g/mol. The van der Waals surface area contributed by atoms with Gasteiger partial charge in [0.05, 0.1) is 0 Å². The summed E-state index contributed by atoms with van der Waals surface area (Å²) in [6.45, 7) is 15.5. The van der Waals surface area contributed by atoms with Gasteiger partial charge in [-0.2, -0.15) is 11.8 Å². The van der Waals surface area contributed by atoms with E-state index in [9.17, 15) is 14.4 Å². The van der Waals surface area contributed by atoms with Crippen molar-refractivity contribution in [2.24, 2.45) is 0 Å². The van der Waals surface area contributed by atoms with Gasteiger partial charge in [0, 0.05) is 12.6 Å². The fourth-order valence-corrected chi connectivity index (χ4v) is 4.18. The molecule has 198 valence electrons. The Labute approximate surface area is 216 Å². The quantitative estimate of drug-likeness (QED) is 0.409. The van der Waals surface area contributed by atoms with Crippen LogP contribution in [0.5, 0.6) is 0 Å². The Kier molecular flexibility index (Phi) is 12.6. The summed E-state index contributed by atoms with van der Waals surface area (Å²) in [6, 6.07) is 4.28. The number of amides is 3. The highest BCUT2D eigenvalue weighted by molar-refractivity contribution is 7.98. The van der Waals surface area contributed by atoms with E-state index >= 15 is 0 Å². The number of alkyl carbamates (subject to hydrolysis) is 1. The van der Waals surface area contributed by atoms with Crippen LogP contribution >= 0.6 is 11.8 Å². The number of rotatable bonds is 12. The lowest BCUT2D eigenvalue weighted by atomic mass is 9.95. The van der Waals surface area contributed by atoms with Crippen molar-refractivity contribution in [3.63, 3.8) is 0 Å². The smallest absolute Gasteiger partial charge is 0.408 e. The first kappa shape index (κ1) is 30.8. The number of unbranched alkanes of at least 4 members (excludes halogenated alkanes) is 1. The molecule has 0 aliphatic heterocycles. The normalized spacial score (nSPS) is 13.2. The Morgan fingerprint density at radius 1 is 1.11 bits per heavy atom. The lowest BCUT2D eigenvalue weighted by Crippen LogP contribution is -2.54. The van der Waals surface area contributed by atoms with Crippen molar-refractivity contribution in [2.75, 3.05) is 18.6 Å². The molecule has 0 saturated carbocycles. The van der Waals surface area contributed by atoms with Gasteiger partial charge >= 0.3 is 6.09 Å². The average Bonchev–Trinajstić information content (AvgIpc) is 2.73. The van der Waals surface area contributed by atoms with E-state index in [1.54, 1.807) is 37.4 Å². The van der Waals surface area contributed by atoms with Gasteiger partial charge in [-0.1, -0.05) is 37.1 Å². The highest BCUT2D eigenvalue weighted by Gasteiger charge is 2.36. The van der Waals surface area contributed by atoms with Crippen molar-refractivity contribution in [1.82, 2.24) is 15.5 Å². The molecule has 1 aromatic rings. The number of nitrogens with zero attached hydrogens (tertiary/aromatic N) is 1. The molecule has 2 N–H and O–H groups in total. The Morgan fingerprint density at radius 2 is 1.77 bits per heavy atom. The standard InChI is InChI=1S/C27H45N3O4S/c1-10-11-15-30(25(32)22(14-16-35-9)29-26(33)34-27(6,7)8)23(24(31)28-18(2)3)21-17-19(4)12-13-20(21)5/h12-13,17-18,22-23H,10-11,14-16H2,1-9H3,(H,28,31)(H,29,33). The third-order valence-electron chi connectivity index (χ3n) is 5.36. The number of benzene rings is 1. The molecule has 0 fully saturated rings. The zero-order chi connectivity index (χ0) is 26.8. The minimum Gasteiger partial charge on any atom is -0.444 e. The number of carbonyl (C=O) groups excluding carboxylic acids is 3. The first-order valence-corrected chi connectivity index (χ1v) is 13.9. The largest absolute Gasteiger partial charge is 0.444 e. The predicted octanol–water partition coefficient (Wildman–Crippen LogP) is 5.14. The van der Waals surface area contributed by atoms with Gasteiger partial charge in [0.25, 0.3) is 0 Å². The van der Waals surface area contributed by atoms with E-state index < -0.39 is 23.8 Å². The van der Waals surface area contributed by atoms with Gasteiger partial charge < -0.3 is 20.3 Å². The van der Waals surface area contributed by atoms with Crippen LogP contribution < -0.4 is 10.6 Å². The SMILES string of the molecule is CCCCN(C(=O)C(CCSC)NC(=O)OC(C)(C)C)C(C(=O)NC(C)C)c1cc(C)ccc1C. The van der Waals surface area contributed by atoms with E-state index in [-0.39, 0.29) is 17.9 Å². The van der Waals surface area contributed by atoms with Gasteiger partial charge in [-0.15, -0.1) is 0 Å². The molecule has 0 spiro atoms. The fraction of sp³-hybridized carbons (Fsp3) is 0.667. The van der Waals surface area contributed by atoms with Crippen molar-refractivity contribution in [1.29, 1.82) is 0 Å². The molecule has 0 aliphatic rings. The second-order valence-corrected chi connectivity index (χ2v) is 11.3. The van der Waals surface area contributed by atoms with Gasteiger partial charge in [-0.25, -0.2) is 4.79 Å². The molecule has 0 saturated heterocycles. The number of thioether (sulfide) groups is 1. The molecule has 8 heteroatoms. The summed E-state index contributed by atoms with van der Waals surface area (Å²) >= 11 is 1.60. The summed E-state index contributed by atoms with van der Waals surface area (Å²) < 4.78 is 5.43. The zero-order valence-electron chi connectivity index (χ0n) is 23.0. The topological polar surface area (TPSA) is 87.7 Å². The summed E-state index contributed by atoms with van der Waals surface area (Å²) in [5, 5.41) is 5.78. The number of carbonyl (C=O) groups is 3. The molecule has 3 amide bonds. The number of hydrogen-bond donors (Lipinski definition) is 2. The predicted molar refractivity (Wildman–Crippen MR) is 145 cm³/mol. The number of ether oxygens (including phenoxy) is 1. The fourth-order valence-electron chi connectivity index (χ4n) is 3.71. The minimum absolute atomic E-state index is 0.0783. The maximum absolute atomic E-state index is 14.0. The highest BCUT2D eigenvalue weighted by atomic mass is 32.2. The van der Waals surface area contributed by atoms with Crippen LogP contribution in [0.1, 0.15) is 83.5 Å². The molecule has 2 atom stereocenters. The van der Waals surface area contributed by atoms with E-state index in [4.69, 9.17) is 4.74 Å². The summed E-state index contributed by atoms with van der Waals surface area (Å²) in [4.78, 5) is 41.8. The van der Waals surface area contributed by atoms with E-state index in [0.717, 1.165) is 29.5 Å². The highest BCUT2D eigenvalue weighted by Crippen LogP contribution is 2.28. The molecule has 0 aliphatic carbocycles. The van der Waals surface area contributed by atoms with Gasteiger partial charge in [-0.3, -0.25) is 9.59 Å². The molecule has 35 heavy (non-hydrogen) atoms. The van der Waals surface area contributed by atoms with Gasteiger partial charge in [-0.05, 0) is 84.4 Å². The van der Waals surface area contributed by atoms with Crippen molar-refractivity contribution >= 4 is 29.7 Å². The monoisotopic (exact) mass is 507 g/mol. The van der Waals surface area contributed by atoms with Crippen LogP contribution in [0.15, 0.2) is 18.2 Å². The van der Waals surface area contributed by atoms with Crippen LogP contribution in [0.3, 0.4) is 0 Å². The third kappa shape index (κ3) is 10.5. The molecule has 1 aromatic carbocycles. The second kappa shape index (κ2) is 14.4. The van der Waals surface area contributed by atoms with E-state index in [1.165, 1.54) is 0 Å². The van der Waals surface area contributed by atoms with E-state index in [2.05, 4.69) is 10.6 Å². The minimum atomic E-state index is -0.798. The Bertz CT molecular complexity index is 851. The van der Waals surface area contributed by atoms with Crippen molar-refractivity contribution in [2.45, 2.75) is 98.4 Å². The summed E-state index contributed by atoms with van der Waals surface area (Å²) in [7, 11) is 0. The zero-order valence-corrected chi connectivity index (χ0v) is 23.8. The molecule has 0 heterocycles. The van der Waals surface area contributed by atoms with E-state index in [1.807, 2.05) is 59.1 Å². The van der Waals surface area contributed by atoms with Crippen LogP contribution in [0.2, 0.25) is 0 Å². The van der Waals surface area contributed by atoms with Crippen molar-refractivity contribution in [3.8, 4) is 0 Å². The molecular formula is C27H45N3O4S. The number of aryl methyl sites for hydroxylation is 2. The third-order valence-corrected chi connectivity index (χ3v) is 6.00. The molecular weight excluding hydrogens is 462 g/mol. The number of hydrogen-bond acceptors (Lipinski definition) is 5. The molecule has 0 radical (unpaired) electrons.